The molecule has 1 aromatic carbocycles. The van der Waals surface area contributed by atoms with E-state index >= 15 is 0 Å². The molecule has 0 bridgehead atoms. The van der Waals surface area contributed by atoms with Crippen LogP contribution in [0.2, 0.25) is 0 Å². The van der Waals surface area contributed by atoms with Gasteiger partial charge in [0, 0.05) is 18.6 Å². The number of rotatable bonds is 6. The van der Waals surface area contributed by atoms with Crippen LogP contribution < -0.4 is 10.1 Å². The summed E-state index contributed by atoms with van der Waals surface area (Å²) in [6, 6.07) is 10.0. The average Bonchev–Trinajstić information content (AvgIpc) is 3.19. The van der Waals surface area contributed by atoms with Crippen molar-refractivity contribution in [3.05, 3.63) is 29.8 Å². The number of nitrogens with one attached hydrogen (secondary N) is 1. The van der Waals surface area contributed by atoms with Gasteiger partial charge in [-0.15, -0.1) is 0 Å². The molecule has 21 heavy (non-hydrogen) atoms. The molecule has 3 nitrogen and oxygen atoms in total. The molecule has 2 aliphatic rings. The van der Waals surface area contributed by atoms with E-state index in [2.05, 4.69) is 55.4 Å². The van der Waals surface area contributed by atoms with Gasteiger partial charge in [-0.3, -0.25) is 4.90 Å². The highest BCUT2D eigenvalue weighted by Crippen LogP contribution is 2.37. The van der Waals surface area contributed by atoms with Gasteiger partial charge in [-0.2, -0.15) is 0 Å². The highest BCUT2D eigenvalue weighted by Gasteiger charge is 2.34. The van der Waals surface area contributed by atoms with E-state index in [0.29, 0.717) is 12.0 Å². The maximum absolute atomic E-state index is 5.86. The summed E-state index contributed by atoms with van der Waals surface area (Å²) < 4.78 is 5.86. The summed E-state index contributed by atoms with van der Waals surface area (Å²) in [5.41, 5.74) is 1.40. The van der Waals surface area contributed by atoms with E-state index < -0.39 is 0 Å². The number of hydrogen-bond donors (Lipinski definition) is 1. The molecule has 0 aromatic heterocycles. The lowest BCUT2D eigenvalue weighted by molar-refractivity contribution is 0.239. The van der Waals surface area contributed by atoms with Gasteiger partial charge < -0.3 is 10.1 Å². The van der Waals surface area contributed by atoms with Crippen LogP contribution in [0.1, 0.15) is 44.7 Å². The van der Waals surface area contributed by atoms with Crippen LogP contribution in [0, 0.1) is 5.92 Å². The summed E-state index contributed by atoms with van der Waals surface area (Å²) in [6.07, 6.45) is 4.25. The van der Waals surface area contributed by atoms with Gasteiger partial charge in [0.1, 0.15) is 5.75 Å². The van der Waals surface area contributed by atoms with E-state index in [-0.39, 0.29) is 6.10 Å². The fourth-order valence-corrected chi connectivity index (χ4v) is 3.42. The normalized spacial score (nSPS) is 26.5. The maximum Gasteiger partial charge on any atom is 0.120 e. The van der Waals surface area contributed by atoms with Gasteiger partial charge in [-0.05, 0) is 70.3 Å². The van der Waals surface area contributed by atoms with Crippen LogP contribution in [-0.2, 0) is 0 Å². The van der Waals surface area contributed by atoms with Crippen LogP contribution in [0.25, 0.3) is 0 Å². The lowest BCUT2D eigenvalue weighted by Crippen LogP contribution is -2.29. The third-order valence-electron chi connectivity index (χ3n) is 4.59. The molecule has 2 fully saturated rings. The zero-order valence-corrected chi connectivity index (χ0v) is 13.5. The topological polar surface area (TPSA) is 24.5 Å². The SMILES string of the molecule is CC(C)Oc1cccc(C2C(CNC3CC3)CCN2C)c1. The zero-order chi connectivity index (χ0) is 14.8. The van der Waals surface area contributed by atoms with Crippen LogP contribution in [0.4, 0.5) is 0 Å². The van der Waals surface area contributed by atoms with Gasteiger partial charge in [0.15, 0.2) is 0 Å². The molecule has 1 saturated heterocycles. The average molecular weight is 288 g/mol. The van der Waals surface area contributed by atoms with Crippen molar-refractivity contribution in [2.45, 2.75) is 51.3 Å². The maximum atomic E-state index is 5.86. The Morgan fingerprint density at radius 1 is 1.29 bits per heavy atom. The van der Waals surface area contributed by atoms with Crippen molar-refractivity contribution < 1.29 is 4.74 Å². The molecule has 1 aliphatic heterocycles. The first-order chi connectivity index (χ1) is 10.1. The Morgan fingerprint density at radius 2 is 2.10 bits per heavy atom. The van der Waals surface area contributed by atoms with Crippen LogP contribution in [-0.4, -0.2) is 37.2 Å². The van der Waals surface area contributed by atoms with E-state index in [1.807, 2.05) is 0 Å². The molecule has 1 heterocycles. The largest absolute Gasteiger partial charge is 0.491 e. The van der Waals surface area contributed by atoms with Gasteiger partial charge in [0.05, 0.1) is 6.10 Å². The Labute approximate surface area is 128 Å². The second-order valence-corrected chi connectivity index (χ2v) is 6.90. The monoisotopic (exact) mass is 288 g/mol. The number of hydrogen-bond acceptors (Lipinski definition) is 3. The number of likely N-dealkylation sites (tertiary alicyclic amines) is 1. The van der Waals surface area contributed by atoms with Crippen molar-refractivity contribution in [2.75, 3.05) is 20.1 Å². The summed E-state index contributed by atoms with van der Waals surface area (Å²) >= 11 is 0. The number of benzene rings is 1. The predicted octanol–water partition coefficient (Wildman–Crippen LogP) is 3.22. The van der Waals surface area contributed by atoms with Crippen LogP contribution in [0.3, 0.4) is 0 Å². The third-order valence-corrected chi connectivity index (χ3v) is 4.59. The second kappa shape index (κ2) is 6.37. The van der Waals surface area contributed by atoms with Crippen molar-refractivity contribution in [1.82, 2.24) is 10.2 Å². The molecule has 116 valence electrons. The molecule has 0 amide bonds. The molecule has 3 heteroatoms. The molecule has 0 radical (unpaired) electrons. The first-order valence-electron chi connectivity index (χ1n) is 8.33. The third kappa shape index (κ3) is 3.78. The summed E-state index contributed by atoms with van der Waals surface area (Å²) in [5.74, 6) is 1.71. The van der Waals surface area contributed by atoms with Gasteiger partial charge in [-0.1, -0.05) is 12.1 Å². The van der Waals surface area contributed by atoms with E-state index in [9.17, 15) is 0 Å². The smallest absolute Gasteiger partial charge is 0.120 e. The summed E-state index contributed by atoms with van der Waals surface area (Å²) in [4.78, 5) is 2.49. The number of ether oxygens (including phenoxy) is 1. The highest BCUT2D eigenvalue weighted by molar-refractivity contribution is 5.31. The fraction of sp³-hybridized carbons (Fsp3) is 0.667. The fourth-order valence-electron chi connectivity index (χ4n) is 3.42. The second-order valence-electron chi connectivity index (χ2n) is 6.90. The molecule has 0 spiro atoms. The molecule has 1 N–H and O–H groups in total. The Balaban J connectivity index is 1.72. The minimum atomic E-state index is 0.230. The van der Waals surface area contributed by atoms with Gasteiger partial charge in [-0.25, -0.2) is 0 Å². The van der Waals surface area contributed by atoms with Crippen LogP contribution in [0.15, 0.2) is 24.3 Å². The van der Waals surface area contributed by atoms with Crippen molar-refractivity contribution >= 4 is 0 Å². The van der Waals surface area contributed by atoms with Crippen molar-refractivity contribution in [3.8, 4) is 5.75 Å². The zero-order valence-electron chi connectivity index (χ0n) is 13.5. The first-order valence-corrected chi connectivity index (χ1v) is 8.33. The van der Waals surface area contributed by atoms with Gasteiger partial charge in [0.2, 0.25) is 0 Å². The van der Waals surface area contributed by atoms with Gasteiger partial charge in [0.25, 0.3) is 0 Å². The first kappa shape index (κ1) is 14.9. The Hall–Kier alpha value is -1.06. The lowest BCUT2D eigenvalue weighted by Gasteiger charge is -2.26. The number of nitrogens with zero attached hydrogens (tertiary/aromatic N) is 1. The Morgan fingerprint density at radius 3 is 2.81 bits per heavy atom. The Kier molecular flexibility index (Phi) is 4.51. The molecule has 1 aliphatic carbocycles. The minimum Gasteiger partial charge on any atom is -0.491 e. The van der Waals surface area contributed by atoms with Crippen molar-refractivity contribution in [2.24, 2.45) is 5.92 Å². The molecule has 2 unspecified atom stereocenters. The Bertz CT molecular complexity index is 470. The van der Waals surface area contributed by atoms with Crippen LogP contribution in [0.5, 0.6) is 5.75 Å². The molecule has 1 aromatic rings. The lowest BCUT2D eigenvalue weighted by atomic mass is 9.93. The van der Waals surface area contributed by atoms with E-state index in [0.717, 1.165) is 18.3 Å². The molecular weight excluding hydrogens is 260 g/mol. The van der Waals surface area contributed by atoms with E-state index in [4.69, 9.17) is 4.74 Å². The highest BCUT2D eigenvalue weighted by atomic mass is 16.5. The minimum absolute atomic E-state index is 0.230. The summed E-state index contributed by atoms with van der Waals surface area (Å²) in [6.45, 7) is 6.50. The molecule has 3 rings (SSSR count). The predicted molar refractivity (Wildman–Crippen MR) is 86.7 cm³/mol. The molecule has 1 saturated carbocycles. The summed E-state index contributed by atoms with van der Waals surface area (Å²) in [7, 11) is 2.25. The van der Waals surface area contributed by atoms with E-state index in [1.165, 1.54) is 31.4 Å². The summed E-state index contributed by atoms with van der Waals surface area (Å²) in [5, 5.41) is 3.71. The van der Waals surface area contributed by atoms with Gasteiger partial charge >= 0.3 is 0 Å². The molecular formula is C18H28N2O. The van der Waals surface area contributed by atoms with Crippen molar-refractivity contribution in [1.29, 1.82) is 0 Å². The standard InChI is InChI=1S/C18H28N2O/c1-13(2)21-17-6-4-5-14(11-17)18-15(9-10-20(18)3)12-19-16-7-8-16/h4-6,11,13,15-16,18-19H,7-10,12H2,1-3H3. The van der Waals surface area contributed by atoms with Crippen LogP contribution >= 0.6 is 0 Å². The quantitative estimate of drug-likeness (QED) is 0.870. The van der Waals surface area contributed by atoms with Crippen molar-refractivity contribution in [3.63, 3.8) is 0 Å². The van der Waals surface area contributed by atoms with E-state index in [1.54, 1.807) is 0 Å². The molecule has 2 atom stereocenters.